The van der Waals surface area contributed by atoms with Crippen LogP contribution < -0.4 is 14.8 Å². The summed E-state index contributed by atoms with van der Waals surface area (Å²) in [6.45, 7) is 0. The van der Waals surface area contributed by atoms with Crippen LogP contribution in [0.25, 0.3) is 0 Å². The van der Waals surface area contributed by atoms with E-state index in [-0.39, 0.29) is 5.91 Å². The molecule has 0 saturated heterocycles. The number of oxime groups is 1. The lowest BCUT2D eigenvalue weighted by Gasteiger charge is -2.31. The average molecular weight is 366 g/mol. The van der Waals surface area contributed by atoms with Crippen LogP contribution in [0.1, 0.15) is 48.0 Å². The number of hydrogen-bond acceptors (Lipinski definition) is 5. The highest BCUT2D eigenvalue weighted by Gasteiger charge is 2.42. The number of amides is 1. The number of rotatable bonds is 4. The third kappa shape index (κ3) is 3.74. The Kier molecular flexibility index (Phi) is 4.71. The van der Waals surface area contributed by atoms with Gasteiger partial charge in [0.1, 0.15) is 7.11 Å². The Morgan fingerprint density at radius 1 is 1.07 bits per heavy atom. The minimum Gasteiger partial charge on any atom is -0.448 e. The van der Waals surface area contributed by atoms with Crippen LogP contribution in [0.15, 0.2) is 47.6 Å². The molecule has 27 heavy (non-hydrogen) atoms. The van der Waals surface area contributed by atoms with E-state index < -0.39 is 5.79 Å². The summed E-state index contributed by atoms with van der Waals surface area (Å²) < 4.78 is 12.2. The van der Waals surface area contributed by atoms with Crippen molar-refractivity contribution in [2.75, 3.05) is 12.4 Å². The third-order valence-corrected chi connectivity index (χ3v) is 4.89. The van der Waals surface area contributed by atoms with E-state index in [1.165, 1.54) is 13.5 Å². The van der Waals surface area contributed by atoms with Crippen LogP contribution in [0, 0.1) is 0 Å². The number of carbonyl (C=O) groups is 1. The van der Waals surface area contributed by atoms with Gasteiger partial charge >= 0.3 is 0 Å². The van der Waals surface area contributed by atoms with Crippen molar-refractivity contribution in [2.45, 2.75) is 37.9 Å². The maximum absolute atomic E-state index is 12.5. The number of anilines is 1. The van der Waals surface area contributed by atoms with Gasteiger partial charge in [0.15, 0.2) is 11.5 Å². The maximum Gasteiger partial charge on any atom is 0.255 e. The summed E-state index contributed by atoms with van der Waals surface area (Å²) in [6.07, 6.45) is 6.85. The monoisotopic (exact) mass is 366 g/mol. The largest absolute Gasteiger partial charge is 0.448 e. The van der Waals surface area contributed by atoms with E-state index in [4.69, 9.17) is 9.47 Å². The van der Waals surface area contributed by atoms with Crippen LogP contribution in [0.4, 0.5) is 5.69 Å². The maximum atomic E-state index is 12.5. The van der Waals surface area contributed by atoms with Crippen molar-refractivity contribution in [3.05, 3.63) is 53.6 Å². The minimum atomic E-state index is -0.511. The van der Waals surface area contributed by atoms with Gasteiger partial charge in [0.25, 0.3) is 11.7 Å². The first-order valence-electron chi connectivity index (χ1n) is 9.17. The van der Waals surface area contributed by atoms with Crippen LogP contribution in [0.2, 0.25) is 0 Å². The van der Waals surface area contributed by atoms with Crippen LogP contribution >= 0.6 is 0 Å². The van der Waals surface area contributed by atoms with E-state index in [2.05, 4.69) is 15.3 Å². The van der Waals surface area contributed by atoms with Crippen molar-refractivity contribution in [2.24, 2.45) is 5.16 Å². The van der Waals surface area contributed by atoms with Gasteiger partial charge in [0.05, 0.1) is 6.21 Å². The second-order valence-corrected chi connectivity index (χ2v) is 6.83. The quantitative estimate of drug-likeness (QED) is 0.645. The van der Waals surface area contributed by atoms with Gasteiger partial charge < -0.3 is 19.6 Å². The Morgan fingerprint density at radius 3 is 2.56 bits per heavy atom. The molecule has 0 aromatic heterocycles. The average Bonchev–Trinajstić information content (AvgIpc) is 3.03. The molecule has 0 unspecified atom stereocenters. The van der Waals surface area contributed by atoms with E-state index >= 15 is 0 Å². The van der Waals surface area contributed by atoms with E-state index in [0.717, 1.165) is 37.0 Å². The second-order valence-electron chi connectivity index (χ2n) is 6.83. The Balaban J connectivity index is 1.44. The zero-order valence-corrected chi connectivity index (χ0v) is 15.2. The third-order valence-electron chi connectivity index (χ3n) is 4.89. The topological polar surface area (TPSA) is 69.2 Å². The molecule has 1 aliphatic carbocycles. The van der Waals surface area contributed by atoms with E-state index in [1.807, 2.05) is 30.3 Å². The van der Waals surface area contributed by atoms with Gasteiger partial charge in [-0.05, 0) is 42.7 Å². The fraction of sp³-hybridized carbons (Fsp3) is 0.333. The first kappa shape index (κ1) is 17.4. The van der Waals surface area contributed by atoms with Crippen molar-refractivity contribution in [1.29, 1.82) is 0 Å². The van der Waals surface area contributed by atoms with Crippen molar-refractivity contribution in [3.8, 4) is 11.5 Å². The lowest BCUT2D eigenvalue weighted by atomic mass is 9.94. The smallest absolute Gasteiger partial charge is 0.255 e. The van der Waals surface area contributed by atoms with E-state index in [0.29, 0.717) is 17.0 Å². The van der Waals surface area contributed by atoms with Gasteiger partial charge in [-0.15, -0.1) is 0 Å². The zero-order valence-electron chi connectivity index (χ0n) is 15.2. The first-order chi connectivity index (χ1) is 13.2. The summed E-state index contributed by atoms with van der Waals surface area (Å²) in [5.41, 5.74) is 2.10. The molecule has 1 N–H and O–H groups in total. The molecule has 1 fully saturated rings. The van der Waals surface area contributed by atoms with Crippen LogP contribution in [-0.2, 0) is 4.84 Å². The molecule has 1 saturated carbocycles. The van der Waals surface area contributed by atoms with Gasteiger partial charge in [-0.1, -0.05) is 23.7 Å². The lowest BCUT2D eigenvalue weighted by Crippen LogP contribution is -2.40. The summed E-state index contributed by atoms with van der Waals surface area (Å²) in [5, 5.41) is 6.61. The number of nitrogens with zero attached hydrogens (tertiary/aromatic N) is 1. The molecule has 1 heterocycles. The normalized spacial score (nSPS) is 17.2. The second kappa shape index (κ2) is 7.31. The lowest BCUT2D eigenvalue weighted by molar-refractivity contribution is -0.105. The fourth-order valence-electron chi connectivity index (χ4n) is 3.50. The van der Waals surface area contributed by atoms with Gasteiger partial charge in [-0.3, -0.25) is 4.79 Å². The predicted octanol–water partition coefficient (Wildman–Crippen LogP) is 4.35. The Hall–Kier alpha value is -3.02. The summed E-state index contributed by atoms with van der Waals surface area (Å²) >= 11 is 0. The van der Waals surface area contributed by atoms with Gasteiger partial charge in [0.2, 0.25) is 0 Å². The Morgan fingerprint density at radius 2 is 1.81 bits per heavy atom. The Bertz CT molecular complexity index is 855. The van der Waals surface area contributed by atoms with Crippen LogP contribution in [0.5, 0.6) is 11.5 Å². The molecular weight excluding hydrogens is 344 g/mol. The molecule has 1 amide bonds. The standard InChI is InChI=1S/C21H22N2O4/c1-25-22-14-15-5-7-16(8-6-15)20(24)23-17-9-10-18-19(13-17)27-21(26-18)11-3-2-4-12-21/h5-10,13-14H,2-4,11-12H2,1H3,(H,23,24)/b22-14+. The Labute approximate surface area is 158 Å². The molecule has 2 aliphatic rings. The van der Waals surface area contributed by atoms with Gasteiger partial charge in [0, 0.05) is 30.2 Å². The van der Waals surface area contributed by atoms with E-state index in [1.54, 1.807) is 18.3 Å². The zero-order chi connectivity index (χ0) is 18.7. The summed E-state index contributed by atoms with van der Waals surface area (Å²) in [4.78, 5) is 17.1. The molecule has 140 valence electrons. The highest BCUT2D eigenvalue weighted by atomic mass is 16.7. The summed E-state index contributed by atoms with van der Waals surface area (Å²) in [5.74, 6) is 0.747. The fourth-order valence-corrected chi connectivity index (χ4v) is 3.50. The summed E-state index contributed by atoms with van der Waals surface area (Å²) in [6, 6.07) is 12.6. The van der Waals surface area contributed by atoms with Crippen LogP contribution in [-0.4, -0.2) is 25.0 Å². The molecule has 4 rings (SSSR count). The molecule has 6 heteroatoms. The van der Waals surface area contributed by atoms with Gasteiger partial charge in [-0.25, -0.2) is 0 Å². The molecule has 2 aromatic rings. The molecule has 6 nitrogen and oxygen atoms in total. The number of fused-ring (bicyclic) bond motifs is 1. The van der Waals surface area contributed by atoms with Crippen LogP contribution in [0.3, 0.4) is 0 Å². The number of nitrogens with one attached hydrogen (secondary N) is 1. The molecule has 1 aliphatic heterocycles. The molecule has 0 radical (unpaired) electrons. The van der Waals surface area contributed by atoms with Crippen molar-refractivity contribution < 1.29 is 19.1 Å². The molecule has 0 atom stereocenters. The van der Waals surface area contributed by atoms with E-state index in [9.17, 15) is 4.79 Å². The number of hydrogen-bond donors (Lipinski definition) is 1. The highest BCUT2D eigenvalue weighted by molar-refractivity contribution is 6.04. The van der Waals surface area contributed by atoms with Crippen molar-refractivity contribution in [1.82, 2.24) is 0 Å². The number of benzene rings is 2. The number of ether oxygens (including phenoxy) is 2. The first-order valence-corrected chi connectivity index (χ1v) is 9.17. The molecule has 1 spiro atoms. The molecule has 0 bridgehead atoms. The van der Waals surface area contributed by atoms with Crippen molar-refractivity contribution in [3.63, 3.8) is 0 Å². The highest BCUT2D eigenvalue weighted by Crippen LogP contribution is 2.46. The van der Waals surface area contributed by atoms with Crippen molar-refractivity contribution >= 4 is 17.8 Å². The minimum absolute atomic E-state index is 0.184. The molecule has 2 aromatic carbocycles. The van der Waals surface area contributed by atoms with Gasteiger partial charge in [-0.2, -0.15) is 0 Å². The predicted molar refractivity (Wildman–Crippen MR) is 103 cm³/mol. The number of carbonyl (C=O) groups excluding carboxylic acids is 1. The SMILES string of the molecule is CO/N=C/c1ccc(C(=O)Nc2ccc3c(c2)OC2(CCCCC2)O3)cc1. The molecular formula is C21H22N2O4. The summed E-state index contributed by atoms with van der Waals surface area (Å²) in [7, 11) is 1.49.